The molecule has 2 N–H and O–H groups in total. The van der Waals surface area contributed by atoms with Crippen LogP contribution in [0.3, 0.4) is 0 Å². The molecule has 1 rings (SSSR count). The quantitative estimate of drug-likeness (QED) is 0.668. The number of hydrogen-bond donors (Lipinski definition) is 2. The molecule has 0 spiro atoms. The van der Waals surface area contributed by atoms with E-state index in [1.54, 1.807) is 0 Å². The molecule has 1 aliphatic rings. The van der Waals surface area contributed by atoms with Crippen LogP contribution in [0.2, 0.25) is 0 Å². The topological polar surface area (TPSA) is 75.6 Å². The number of hydrogen-bond acceptors (Lipinski definition) is 3. The fourth-order valence-electron chi connectivity index (χ4n) is 1.37. The summed E-state index contributed by atoms with van der Waals surface area (Å²) in [6, 6.07) is -0.0730. The van der Waals surface area contributed by atoms with Crippen LogP contribution in [0.4, 0.5) is 0 Å². The number of carbonyl (C=O) groups is 2. The number of ether oxygens (including phenoxy) is 1. The third kappa shape index (κ3) is 2.47. The number of amides is 1. The van der Waals surface area contributed by atoms with Crippen LogP contribution in [0.25, 0.3) is 0 Å². The van der Waals surface area contributed by atoms with Gasteiger partial charge in [-0.3, -0.25) is 9.59 Å². The summed E-state index contributed by atoms with van der Waals surface area (Å²) in [7, 11) is 0. The molecule has 0 saturated carbocycles. The van der Waals surface area contributed by atoms with Crippen molar-refractivity contribution >= 4 is 11.9 Å². The summed E-state index contributed by atoms with van der Waals surface area (Å²) >= 11 is 0. The molecule has 5 nitrogen and oxygen atoms in total. The number of rotatable bonds is 3. The van der Waals surface area contributed by atoms with E-state index in [-0.39, 0.29) is 12.1 Å². The van der Waals surface area contributed by atoms with Crippen molar-refractivity contribution in [1.82, 2.24) is 5.32 Å². The first-order chi connectivity index (χ1) is 6.85. The first-order valence-corrected chi connectivity index (χ1v) is 5.01. The molecule has 0 aromatic heterocycles. The molecular weight excluding hydrogens is 198 g/mol. The average Bonchev–Trinajstić information content (AvgIpc) is 2.51. The van der Waals surface area contributed by atoms with Gasteiger partial charge in [0.2, 0.25) is 5.91 Å². The van der Waals surface area contributed by atoms with Gasteiger partial charge >= 0.3 is 5.97 Å². The molecule has 0 aromatic carbocycles. The minimum absolute atomic E-state index is 0.0430. The van der Waals surface area contributed by atoms with Gasteiger partial charge < -0.3 is 15.2 Å². The van der Waals surface area contributed by atoms with Crippen molar-refractivity contribution in [2.24, 2.45) is 5.41 Å². The average molecular weight is 215 g/mol. The van der Waals surface area contributed by atoms with E-state index in [4.69, 9.17) is 9.84 Å². The van der Waals surface area contributed by atoms with Crippen LogP contribution < -0.4 is 5.32 Å². The van der Waals surface area contributed by atoms with Gasteiger partial charge in [-0.15, -0.1) is 0 Å². The zero-order valence-electron chi connectivity index (χ0n) is 9.24. The Kier molecular flexibility index (Phi) is 3.34. The van der Waals surface area contributed by atoms with Crippen molar-refractivity contribution in [1.29, 1.82) is 0 Å². The van der Waals surface area contributed by atoms with E-state index in [0.717, 1.165) is 6.42 Å². The van der Waals surface area contributed by atoms with Crippen molar-refractivity contribution in [2.45, 2.75) is 39.3 Å². The van der Waals surface area contributed by atoms with E-state index < -0.39 is 17.3 Å². The maximum atomic E-state index is 11.7. The minimum Gasteiger partial charge on any atom is -0.480 e. The number of carbonyl (C=O) groups excluding carboxylic acids is 1. The summed E-state index contributed by atoms with van der Waals surface area (Å²) in [5.74, 6) is -1.58. The van der Waals surface area contributed by atoms with Gasteiger partial charge in [0.1, 0.15) is 5.41 Å². The summed E-state index contributed by atoms with van der Waals surface area (Å²) < 4.78 is 5.28. The molecule has 86 valence electrons. The zero-order chi connectivity index (χ0) is 11.6. The number of carboxylic acid groups (broad SMARTS) is 1. The van der Waals surface area contributed by atoms with E-state index in [1.165, 1.54) is 13.8 Å². The minimum atomic E-state index is -1.39. The molecule has 15 heavy (non-hydrogen) atoms. The van der Waals surface area contributed by atoms with Gasteiger partial charge in [0, 0.05) is 6.61 Å². The van der Waals surface area contributed by atoms with Gasteiger partial charge in [-0.2, -0.15) is 0 Å². The predicted molar refractivity (Wildman–Crippen MR) is 53.4 cm³/mol. The van der Waals surface area contributed by atoms with E-state index in [1.807, 2.05) is 6.92 Å². The molecule has 1 saturated heterocycles. The Morgan fingerprint density at radius 2 is 2.07 bits per heavy atom. The Labute approximate surface area is 88.8 Å². The van der Waals surface area contributed by atoms with Crippen LogP contribution in [-0.4, -0.2) is 35.7 Å². The summed E-state index contributed by atoms with van der Waals surface area (Å²) in [4.78, 5) is 22.5. The SMILES string of the molecule is CC1OCCC1NC(=O)C(C)(C)C(=O)O. The lowest BCUT2D eigenvalue weighted by atomic mass is 9.92. The van der Waals surface area contributed by atoms with E-state index in [2.05, 4.69) is 5.32 Å². The van der Waals surface area contributed by atoms with Crippen LogP contribution in [0.15, 0.2) is 0 Å². The highest BCUT2D eigenvalue weighted by Crippen LogP contribution is 2.18. The highest BCUT2D eigenvalue weighted by molar-refractivity contribution is 6.01. The first kappa shape index (κ1) is 12.0. The largest absolute Gasteiger partial charge is 0.480 e. The van der Waals surface area contributed by atoms with Gasteiger partial charge in [-0.25, -0.2) is 0 Å². The van der Waals surface area contributed by atoms with Gasteiger partial charge in [0.25, 0.3) is 0 Å². The Morgan fingerprint density at radius 3 is 2.47 bits per heavy atom. The van der Waals surface area contributed by atoms with Crippen molar-refractivity contribution in [2.75, 3.05) is 6.61 Å². The van der Waals surface area contributed by atoms with Gasteiger partial charge in [-0.1, -0.05) is 0 Å². The lowest BCUT2D eigenvalue weighted by molar-refractivity contribution is -0.153. The molecule has 2 atom stereocenters. The van der Waals surface area contributed by atoms with Crippen LogP contribution >= 0.6 is 0 Å². The van der Waals surface area contributed by atoms with E-state index >= 15 is 0 Å². The van der Waals surface area contributed by atoms with Crippen LogP contribution in [0.1, 0.15) is 27.2 Å². The third-order valence-corrected chi connectivity index (χ3v) is 2.80. The van der Waals surface area contributed by atoms with Crippen LogP contribution in [-0.2, 0) is 14.3 Å². The molecule has 0 aromatic rings. The molecular formula is C10H17NO4. The Balaban J connectivity index is 2.59. The molecule has 1 heterocycles. The van der Waals surface area contributed by atoms with Crippen molar-refractivity contribution in [3.05, 3.63) is 0 Å². The van der Waals surface area contributed by atoms with E-state index in [0.29, 0.717) is 6.61 Å². The standard InChI is InChI=1S/C10H17NO4/c1-6-7(4-5-15-6)11-8(12)10(2,3)9(13)14/h6-7H,4-5H2,1-3H3,(H,11,12)(H,13,14). The van der Waals surface area contributed by atoms with Crippen molar-refractivity contribution in [3.63, 3.8) is 0 Å². The molecule has 1 aliphatic heterocycles. The van der Waals surface area contributed by atoms with Gasteiger partial charge in [0.15, 0.2) is 0 Å². The summed E-state index contributed by atoms with van der Waals surface area (Å²) in [5, 5.41) is 11.6. The van der Waals surface area contributed by atoms with Crippen molar-refractivity contribution in [3.8, 4) is 0 Å². The predicted octanol–water partition coefficient (Wildman–Crippen LogP) is 0.391. The number of aliphatic carboxylic acids is 1. The van der Waals surface area contributed by atoms with Crippen LogP contribution in [0, 0.1) is 5.41 Å². The molecule has 1 fully saturated rings. The summed E-state index contributed by atoms with van der Waals surface area (Å²) in [6.07, 6.45) is 0.696. The van der Waals surface area contributed by atoms with Crippen molar-refractivity contribution < 1.29 is 19.4 Å². The normalized spacial score (nSPS) is 26.3. The Morgan fingerprint density at radius 1 is 1.47 bits per heavy atom. The second-order valence-corrected chi connectivity index (χ2v) is 4.37. The summed E-state index contributed by atoms with van der Waals surface area (Å²) in [5.41, 5.74) is -1.39. The molecule has 0 radical (unpaired) electrons. The molecule has 5 heteroatoms. The molecule has 0 aliphatic carbocycles. The lowest BCUT2D eigenvalue weighted by Gasteiger charge is -2.23. The number of nitrogens with one attached hydrogen (secondary N) is 1. The molecule has 0 bridgehead atoms. The Bertz CT molecular complexity index is 275. The first-order valence-electron chi connectivity index (χ1n) is 5.01. The maximum Gasteiger partial charge on any atom is 0.318 e. The second-order valence-electron chi connectivity index (χ2n) is 4.37. The smallest absolute Gasteiger partial charge is 0.318 e. The van der Waals surface area contributed by atoms with Gasteiger partial charge in [0.05, 0.1) is 12.1 Å². The lowest BCUT2D eigenvalue weighted by Crippen LogP contribution is -2.48. The number of carboxylic acids is 1. The summed E-state index contributed by atoms with van der Waals surface area (Å²) in [6.45, 7) is 5.27. The second kappa shape index (κ2) is 4.18. The van der Waals surface area contributed by atoms with Gasteiger partial charge in [-0.05, 0) is 27.2 Å². The monoisotopic (exact) mass is 215 g/mol. The Hall–Kier alpha value is -1.10. The molecule has 1 amide bonds. The fraction of sp³-hybridized carbons (Fsp3) is 0.800. The fourth-order valence-corrected chi connectivity index (χ4v) is 1.37. The zero-order valence-corrected chi connectivity index (χ0v) is 9.24. The highest BCUT2D eigenvalue weighted by Gasteiger charge is 2.38. The highest BCUT2D eigenvalue weighted by atomic mass is 16.5. The third-order valence-electron chi connectivity index (χ3n) is 2.80. The maximum absolute atomic E-state index is 11.7. The van der Waals surface area contributed by atoms with Crippen LogP contribution in [0.5, 0.6) is 0 Å². The van der Waals surface area contributed by atoms with E-state index in [9.17, 15) is 9.59 Å². The molecule has 2 unspecified atom stereocenters.